The molecule has 31 heavy (non-hydrogen) atoms. The standard InChI is InChI=1S/C24H34O7/c1-12(10-22(6,27)19-14(3)18(28-9)15(4)20(26)29-19)17(25)13(2)11-23(7)21-24(8,31-21)16(5)30-23/h10-11,16-17,21,25,27H,1-9H3/t16-,17-,21+,22+,23+,24-/m1/s1. The normalized spacial score (nSPS) is 33.6. The highest BCUT2D eigenvalue weighted by molar-refractivity contribution is 5.43. The van der Waals surface area contributed by atoms with Gasteiger partial charge in [0.05, 0.1) is 24.9 Å². The molecule has 2 saturated heterocycles. The Morgan fingerprint density at radius 3 is 2.29 bits per heavy atom. The lowest BCUT2D eigenvalue weighted by Gasteiger charge is -2.27. The third-order valence-corrected chi connectivity index (χ3v) is 6.67. The summed E-state index contributed by atoms with van der Waals surface area (Å²) in [7, 11) is 1.47. The average Bonchev–Trinajstić information content (AvgIpc) is 3.33. The minimum absolute atomic E-state index is 0.0385. The van der Waals surface area contributed by atoms with E-state index in [2.05, 4.69) is 0 Å². The first-order valence-electron chi connectivity index (χ1n) is 10.5. The second kappa shape index (κ2) is 7.59. The second-order valence-electron chi connectivity index (χ2n) is 9.45. The van der Waals surface area contributed by atoms with Crippen LogP contribution in [0.2, 0.25) is 0 Å². The van der Waals surface area contributed by atoms with Crippen LogP contribution in [-0.4, -0.2) is 46.8 Å². The molecule has 172 valence electrons. The lowest BCUT2D eigenvalue weighted by molar-refractivity contribution is -0.0724. The summed E-state index contributed by atoms with van der Waals surface area (Å²) in [5.74, 6) is 0.456. The molecule has 2 aliphatic rings. The largest absolute Gasteiger partial charge is 0.496 e. The first-order valence-corrected chi connectivity index (χ1v) is 10.5. The van der Waals surface area contributed by atoms with Gasteiger partial charge in [-0.25, -0.2) is 4.79 Å². The number of methoxy groups -OCH3 is 1. The van der Waals surface area contributed by atoms with Gasteiger partial charge in [0.25, 0.3) is 0 Å². The van der Waals surface area contributed by atoms with Crippen LogP contribution < -0.4 is 10.4 Å². The van der Waals surface area contributed by atoms with Gasteiger partial charge in [-0.3, -0.25) is 0 Å². The van der Waals surface area contributed by atoms with Gasteiger partial charge >= 0.3 is 5.63 Å². The summed E-state index contributed by atoms with van der Waals surface area (Å²) < 4.78 is 22.7. The van der Waals surface area contributed by atoms with Crippen LogP contribution in [0.15, 0.2) is 32.5 Å². The molecule has 3 rings (SSSR count). The fourth-order valence-corrected chi connectivity index (χ4v) is 4.87. The summed E-state index contributed by atoms with van der Waals surface area (Å²) in [5.41, 5.74) is -1.06. The molecule has 7 heteroatoms. The van der Waals surface area contributed by atoms with Crippen LogP contribution in [0.1, 0.15) is 58.4 Å². The lowest BCUT2D eigenvalue weighted by Crippen LogP contribution is -2.31. The summed E-state index contributed by atoms with van der Waals surface area (Å²) in [4.78, 5) is 12.2. The Balaban J connectivity index is 1.90. The van der Waals surface area contributed by atoms with E-state index < -0.39 is 22.9 Å². The Labute approximate surface area is 183 Å². The first-order chi connectivity index (χ1) is 14.2. The van der Waals surface area contributed by atoms with Gasteiger partial charge in [0.2, 0.25) is 0 Å². The van der Waals surface area contributed by atoms with Crippen LogP contribution in [-0.2, 0) is 15.1 Å². The summed E-state index contributed by atoms with van der Waals surface area (Å²) >= 11 is 0. The van der Waals surface area contributed by atoms with Gasteiger partial charge in [0.15, 0.2) is 0 Å². The van der Waals surface area contributed by atoms with Crippen molar-refractivity contribution in [1.29, 1.82) is 0 Å². The zero-order valence-electron chi connectivity index (χ0n) is 19.8. The fraction of sp³-hybridized carbons (Fsp3) is 0.625. The Hall–Kier alpha value is -1.93. The van der Waals surface area contributed by atoms with Gasteiger partial charge in [-0.1, -0.05) is 0 Å². The molecule has 0 amide bonds. The van der Waals surface area contributed by atoms with Crippen molar-refractivity contribution in [3.63, 3.8) is 0 Å². The van der Waals surface area contributed by atoms with Crippen molar-refractivity contribution >= 4 is 0 Å². The van der Waals surface area contributed by atoms with Gasteiger partial charge in [-0.05, 0) is 78.7 Å². The quantitative estimate of drug-likeness (QED) is 0.524. The maximum atomic E-state index is 12.2. The molecule has 6 atom stereocenters. The smallest absolute Gasteiger partial charge is 0.342 e. The number of aliphatic hydroxyl groups excluding tert-OH is 1. The topological polar surface area (TPSA) is 102 Å². The van der Waals surface area contributed by atoms with Gasteiger partial charge in [-0.15, -0.1) is 0 Å². The number of rotatable bonds is 6. The Bertz CT molecular complexity index is 1000. The van der Waals surface area contributed by atoms with E-state index >= 15 is 0 Å². The van der Waals surface area contributed by atoms with E-state index in [1.54, 1.807) is 20.8 Å². The monoisotopic (exact) mass is 434 g/mol. The predicted molar refractivity (Wildman–Crippen MR) is 116 cm³/mol. The van der Waals surface area contributed by atoms with E-state index in [0.717, 1.165) is 0 Å². The average molecular weight is 435 g/mol. The molecule has 0 radical (unpaired) electrons. The van der Waals surface area contributed by atoms with E-state index in [1.807, 2.05) is 33.8 Å². The van der Waals surface area contributed by atoms with Crippen molar-refractivity contribution in [3.05, 3.63) is 50.6 Å². The SMILES string of the molecule is COc1c(C)c([C@@](C)(O)C=C(C)[C@@H](O)C(C)=C[C@]2(C)O[C@H](C)[C@@]3(C)O[C@H]32)oc(=O)c1C. The van der Waals surface area contributed by atoms with E-state index in [1.165, 1.54) is 20.1 Å². The van der Waals surface area contributed by atoms with Crippen molar-refractivity contribution in [2.45, 2.75) is 90.5 Å². The minimum atomic E-state index is -1.63. The molecule has 0 bridgehead atoms. The molecule has 2 N–H and O–H groups in total. The highest BCUT2D eigenvalue weighted by Crippen LogP contribution is 2.55. The molecule has 2 fully saturated rings. The van der Waals surface area contributed by atoms with E-state index in [4.69, 9.17) is 18.6 Å². The Morgan fingerprint density at radius 1 is 1.19 bits per heavy atom. The molecule has 7 nitrogen and oxygen atoms in total. The van der Waals surface area contributed by atoms with Crippen LogP contribution in [0.25, 0.3) is 0 Å². The van der Waals surface area contributed by atoms with Crippen molar-refractivity contribution < 1.29 is 28.8 Å². The van der Waals surface area contributed by atoms with Crippen LogP contribution >= 0.6 is 0 Å². The summed E-state index contributed by atoms with van der Waals surface area (Å²) in [6, 6.07) is 0. The van der Waals surface area contributed by atoms with E-state index in [9.17, 15) is 15.0 Å². The van der Waals surface area contributed by atoms with E-state index in [0.29, 0.717) is 28.0 Å². The van der Waals surface area contributed by atoms with Gasteiger partial charge in [0, 0.05) is 5.56 Å². The maximum absolute atomic E-state index is 12.2. The van der Waals surface area contributed by atoms with Crippen LogP contribution in [0.5, 0.6) is 5.75 Å². The molecule has 0 spiro atoms. The van der Waals surface area contributed by atoms with Crippen LogP contribution in [0, 0.1) is 13.8 Å². The molecule has 2 aliphatic heterocycles. The number of epoxide rings is 1. The van der Waals surface area contributed by atoms with Crippen LogP contribution in [0.4, 0.5) is 0 Å². The molecular weight excluding hydrogens is 400 g/mol. The molecule has 0 aliphatic carbocycles. The third-order valence-electron chi connectivity index (χ3n) is 6.67. The Kier molecular flexibility index (Phi) is 5.81. The van der Waals surface area contributed by atoms with Gasteiger partial charge in [0.1, 0.15) is 34.4 Å². The predicted octanol–water partition coefficient (Wildman–Crippen LogP) is 3.06. The molecule has 1 aromatic heterocycles. The van der Waals surface area contributed by atoms with Gasteiger partial charge in [-0.2, -0.15) is 0 Å². The van der Waals surface area contributed by atoms with Gasteiger partial charge < -0.3 is 28.8 Å². The number of aliphatic hydroxyl groups is 2. The lowest BCUT2D eigenvalue weighted by atomic mass is 9.89. The Morgan fingerprint density at radius 2 is 1.81 bits per heavy atom. The van der Waals surface area contributed by atoms with Crippen LogP contribution in [0.3, 0.4) is 0 Å². The van der Waals surface area contributed by atoms with Crippen molar-refractivity contribution in [2.75, 3.05) is 7.11 Å². The van der Waals surface area contributed by atoms with E-state index in [-0.39, 0.29) is 23.6 Å². The molecule has 3 heterocycles. The molecule has 0 aromatic carbocycles. The molecule has 1 aromatic rings. The first kappa shape index (κ1) is 23.7. The van der Waals surface area contributed by atoms with Crippen molar-refractivity contribution in [1.82, 2.24) is 0 Å². The highest BCUT2D eigenvalue weighted by atomic mass is 16.7. The number of hydrogen-bond donors (Lipinski definition) is 2. The number of fused-ring (bicyclic) bond motifs is 1. The fourth-order valence-electron chi connectivity index (χ4n) is 4.87. The summed E-state index contributed by atoms with van der Waals surface area (Å²) in [5, 5.41) is 22.0. The second-order valence-corrected chi connectivity index (χ2v) is 9.45. The molecule has 0 unspecified atom stereocenters. The molecule has 0 saturated carbocycles. The third kappa shape index (κ3) is 3.89. The maximum Gasteiger partial charge on any atom is 0.342 e. The zero-order chi connectivity index (χ0) is 23.5. The van der Waals surface area contributed by atoms with Crippen molar-refractivity contribution in [2.24, 2.45) is 0 Å². The van der Waals surface area contributed by atoms with Crippen molar-refractivity contribution in [3.8, 4) is 5.75 Å². The number of ether oxygens (including phenoxy) is 3. The minimum Gasteiger partial charge on any atom is -0.496 e. The molecular formula is C24H34O7. The summed E-state index contributed by atoms with van der Waals surface area (Å²) in [6.07, 6.45) is 2.34. The highest BCUT2D eigenvalue weighted by Gasteiger charge is 2.71. The number of hydrogen-bond acceptors (Lipinski definition) is 7. The zero-order valence-corrected chi connectivity index (χ0v) is 19.8. The summed E-state index contributed by atoms with van der Waals surface area (Å²) in [6.45, 7) is 14.3.